The average Bonchev–Trinajstić information content (AvgIpc) is 2.24. The van der Waals surface area contributed by atoms with Gasteiger partial charge in [0.1, 0.15) is 5.82 Å². The molecule has 0 saturated carbocycles. The van der Waals surface area contributed by atoms with Crippen LogP contribution >= 0.6 is 0 Å². The number of rotatable bonds is 5. The minimum Gasteiger partial charge on any atom is -0.481 e. The van der Waals surface area contributed by atoms with Crippen molar-refractivity contribution in [1.29, 1.82) is 0 Å². The standard InChI is InChI=1S/C12H14FNO4/c1-12(18,6-10(15)16)7-14-11(17)8-3-2-4-9(13)5-8/h2-5,18H,6-7H2,1H3,(H,14,17)(H,15,16). The molecule has 0 spiro atoms. The van der Waals surface area contributed by atoms with Crippen molar-refractivity contribution in [3.63, 3.8) is 0 Å². The van der Waals surface area contributed by atoms with Gasteiger partial charge in [0.05, 0.1) is 12.0 Å². The van der Waals surface area contributed by atoms with E-state index >= 15 is 0 Å². The third-order valence-corrected chi connectivity index (χ3v) is 2.25. The van der Waals surface area contributed by atoms with Crippen LogP contribution in [0.5, 0.6) is 0 Å². The van der Waals surface area contributed by atoms with Crippen LogP contribution in [0.3, 0.4) is 0 Å². The molecule has 0 fully saturated rings. The molecule has 0 bridgehead atoms. The Hall–Kier alpha value is -1.95. The second kappa shape index (κ2) is 5.59. The van der Waals surface area contributed by atoms with Gasteiger partial charge in [-0.2, -0.15) is 0 Å². The van der Waals surface area contributed by atoms with Crippen LogP contribution < -0.4 is 5.32 Å². The van der Waals surface area contributed by atoms with Gasteiger partial charge in [0, 0.05) is 12.1 Å². The van der Waals surface area contributed by atoms with Crippen molar-refractivity contribution >= 4 is 11.9 Å². The van der Waals surface area contributed by atoms with Crippen LogP contribution in [0.2, 0.25) is 0 Å². The van der Waals surface area contributed by atoms with E-state index in [0.717, 1.165) is 6.07 Å². The fourth-order valence-electron chi connectivity index (χ4n) is 1.39. The van der Waals surface area contributed by atoms with Crippen molar-refractivity contribution in [2.45, 2.75) is 18.9 Å². The first kappa shape index (κ1) is 14.1. The minimum absolute atomic E-state index is 0.112. The smallest absolute Gasteiger partial charge is 0.306 e. The molecular formula is C12H14FNO4. The molecular weight excluding hydrogens is 241 g/mol. The zero-order valence-corrected chi connectivity index (χ0v) is 9.81. The summed E-state index contributed by atoms with van der Waals surface area (Å²) in [5.41, 5.74) is -1.43. The topological polar surface area (TPSA) is 86.6 Å². The summed E-state index contributed by atoms with van der Waals surface area (Å²) in [7, 11) is 0. The molecule has 6 heteroatoms. The van der Waals surface area contributed by atoms with Crippen LogP contribution in [0.4, 0.5) is 4.39 Å². The van der Waals surface area contributed by atoms with E-state index in [9.17, 15) is 19.1 Å². The van der Waals surface area contributed by atoms with Crippen LogP contribution in [0.15, 0.2) is 24.3 Å². The van der Waals surface area contributed by atoms with E-state index < -0.39 is 29.7 Å². The van der Waals surface area contributed by atoms with E-state index in [-0.39, 0.29) is 12.1 Å². The van der Waals surface area contributed by atoms with E-state index in [0.29, 0.717) is 0 Å². The molecule has 0 aromatic heterocycles. The number of benzene rings is 1. The maximum absolute atomic E-state index is 12.9. The van der Waals surface area contributed by atoms with E-state index in [2.05, 4.69) is 5.32 Å². The Morgan fingerprint density at radius 3 is 2.67 bits per heavy atom. The van der Waals surface area contributed by atoms with Crippen molar-refractivity contribution in [3.05, 3.63) is 35.6 Å². The van der Waals surface area contributed by atoms with Crippen molar-refractivity contribution < 1.29 is 24.2 Å². The number of carbonyl (C=O) groups is 2. The van der Waals surface area contributed by atoms with Gasteiger partial charge in [-0.05, 0) is 25.1 Å². The van der Waals surface area contributed by atoms with Gasteiger partial charge >= 0.3 is 5.97 Å². The fourth-order valence-corrected chi connectivity index (χ4v) is 1.39. The minimum atomic E-state index is -1.55. The second-order valence-electron chi connectivity index (χ2n) is 4.26. The van der Waals surface area contributed by atoms with Crippen molar-refractivity contribution in [1.82, 2.24) is 5.32 Å². The van der Waals surface area contributed by atoms with Gasteiger partial charge in [-0.25, -0.2) is 4.39 Å². The first-order valence-corrected chi connectivity index (χ1v) is 5.28. The molecule has 5 nitrogen and oxygen atoms in total. The van der Waals surface area contributed by atoms with Gasteiger partial charge in [-0.1, -0.05) is 6.07 Å². The summed E-state index contributed by atoms with van der Waals surface area (Å²) in [5.74, 6) is -2.28. The van der Waals surface area contributed by atoms with Crippen molar-refractivity contribution in [2.24, 2.45) is 0 Å². The maximum Gasteiger partial charge on any atom is 0.306 e. The van der Waals surface area contributed by atoms with Gasteiger partial charge in [-0.3, -0.25) is 9.59 Å². The quantitative estimate of drug-likeness (QED) is 0.725. The van der Waals surface area contributed by atoms with E-state index in [1.807, 2.05) is 0 Å². The highest BCUT2D eigenvalue weighted by molar-refractivity contribution is 5.94. The monoisotopic (exact) mass is 255 g/mol. The largest absolute Gasteiger partial charge is 0.481 e. The Labute approximate surface area is 103 Å². The van der Waals surface area contributed by atoms with Crippen LogP contribution in [-0.4, -0.2) is 34.2 Å². The molecule has 1 aromatic carbocycles. The Balaban J connectivity index is 2.58. The van der Waals surface area contributed by atoms with Crippen LogP contribution in [0, 0.1) is 5.82 Å². The van der Waals surface area contributed by atoms with Crippen molar-refractivity contribution in [3.8, 4) is 0 Å². The van der Waals surface area contributed by atoms with E-state index in [1.165, 1.54) is 25.1 Å². The molecule has 1 rings (SSSR count). The number of hydrogen-bond acceptors (Lipinski definition) is 3. The summed E-state index contributed by atoms with van der Waals surface area (Å²) in [6, 6.07) is 5.07. The van der Waals surface area contributed by atoms with Gasteiger partial charge in [0.15, 0.2) is 0 Å². The molecule has 18 heavy (non-hydrogen) atoms. The van der Waals surface area contributed by atoms with E-state index in [1.54, 1.807) is 0 Å². The molecule has 98 valence electrons. The predicted molar refractivity (Wildman–Crippen MR) is 61.6 cm³/mol. The molecule has 1 amide bonds. The number of carbonyl (C=O) groups excluding carboxylic acids is 1. The highest BCUT2D eigenvalue weighted by Gasteiger charge is 2.25. The summed E-state index contributed by atoms with van der Waals surface area (Å²) >= 11 is 0. The molecule has 1 atom stereocenters. The highest BCUT2D eigenvalue weighted by Crippen LogP contribution is 2.08. The summed E-state index contributed by atoms with van der Waals surface area (Å²) in [5, 5.41) is 20.6. The molecule has 3 N–H and O–H groups in total. The Morgan fingerprint density at radius 1 is 1.44 bits per heavy atom. The van der Waals surface area contributed by atoms with Crippen LogP contribution in [-0.2, 0) is 4.79 Å². The number of aliphatic hydroxyl groups is 1. The third kappa shape index (κ3) is 4.50. The highest BCUT2D eigenvalue weighted by atomic mass is 19.1. The summed E-state index contributed by atoms with van der Waals surface area (Å²) < 4.78 is 12.9. The van der Waals surface area contributed by atoms with Gasteiger partial charge < -0.3 is 15.5 Å². The molecule has 1 aromatic rings. The molecule has 0 aliphatic rings. The van der Waals surface area contributed by atoms with Crippen LogP contribution in [0.1, 0.15) is 23.7 Å². The summed E-state index contributed by atoms with van der Waals surface area (Å²) in [4.78, 5) is 22.0. The second-order valence-corrected chi connectivity index (χ2v) is 4.26. The number of halogens is 1. The average molecular weight is 255 g/mol. The third-order valence-electron chi connectivity index (χ3n) is 2.25. The molecule has 0 saturated heterocycles. The predicted octanol–water partition coefficient (Wildman–Crippen LogP) is 0.781. The number of aliphatic carboxylic acids is 1. The number of hydrogen-bond donors (Lipinski definition) is 3. The van der Waals surface area contributed by atoms with Gasteiger partial charge in [0.2, 0.25) is 0 Å². The number of nitrogens with one attached hydrogen (secondary N) is 1. The first-order valence-electron chi connectivity index (χ1n) is 5.28. The Bertz CT molecular complexity index is 459. The molecule has 0 aliphatic heterocycles. The fraction of sp³-hybridized carbons (Fsp3) is 0.333. The van der Waals surface area contributed by atoms with Crippen LogP contribution in [0.25, 0.3) is 0 Å². The maximum atomic E-state index is 12.9. The first-order chi connectivity index (χ1) is 8.30. The summed E-state index contributed by atoms with van der Waals surface area (Å²) in [6.07, 6.45) is -0.490. The van der Waals surface area contributed by atoms with Gasteiger partial charge in [0.25, 0.3) is 5.91 Å². The number of amides is 1. The Morgan fingerprint density at radius 2 is 2.11 bits per heavy atom. The molecule has 0 radical (unpaired) electrons. The van der Waals surface area contributed by atoms with E-state index in [4.69, 9.17) is 5.11 Å². The molecule has 0 heterocycles. The summed E-state index contributed by atoms with van der Waals surface area (Å²) in [6.45, 7) is 1.07. The zero-order valence-electron chi connectivity index (χ0n) is 9.81. The SMILES string of the molecule is CC(O)(CNC(=O)c1cccc(F)c1)CC(=O)O. The lowest BCUT2D eigenvalue weighted by Crippen LogP contribution is -2.42. The normalized spacial score (nSPS) is 13.7. The number of carboxylic acids is 1. The lowest BCUT2D eigenvalue weighted by Gasteiger charge is -2.21. The Kier molecular flexibility index (Phi) is 4.38. The van der Waals surface area contributed by atoms with Gasteiger partial charge in [-0.15, -0.1) is 0 Å². The van der Waals surface area contributed by atoms with Crippen molar-refractivity contribution in [2.75, 3.05) is 6.54 Å². The lowest BCUT2D eigenvalue weighted by molar-refractivity contribution is -0.141. The molecule has 1 unspecified atom stereocenters. The number of carboxylic acid groups (broad SMARTS) is 1. The zero-order chi connectivity index (χ0) is 13.8. The lowest BCUT2D eigenvalue weighted by atomic mass is 10.0. The molecule has 0 aliphatic carbocycles.